The van der Waals surface area contributed by atoms with E-state index in [1.165, 1.54) is 17.2 Å². The summed E-state index contributed by atoms with van der Waals surface area (Å²) in [7, 11) is 0. The van der Waals surface area contributed by atoms with E-state index in [0.29, 0.717) is 0 Å². The Balaban J connectivity index is 1.70. The summed E-state index contributed by atoms with van der Waals surface area (Å²) in [5, 5.41) is 9.43. The molecule has 1 fully saturated rings. The molecule has 1 saturated heterocycles. The number of pyridine rings is 1. The maximum atomic E-state index is 14.0. The first-order chi connectivity index (χ1) is 12.1. The molecular formula is C18H17FN2O4. The van der Waals surface area contributed by atoms with Gasteiger partial charge in [0, 0.05) is 25.2 Å². The zero-order valence-corrected chi connectivity index (χ0v) is 13.3. The highest BCUT2D eigenvalue weighted by molar-refractivity contribution is 5.75. The SMILES string of the molecule is O=C(O)C1CN(C(=O)OCc2ccccc2)CC1c1ccncc1F. The number of ether oxygens (including phenoxy) is 1. The van der Waals surface area contributed by atoms with Gasteiger partial charge in [-0.25, -0.2) is 9.18 Å². The van der Waals surface area contributed by atoms with Crippen molar-refractivity contribution in [3.05, 3.63) is 65.7 Å². The number of hydrogen-bond donors (Lipinski definition) is 1. The van der Waals surface area contributed by atoms with Crippen molar-refractivity contribution < 1.29 is 23.8 Å². The minimum Gasteiger partial charge on any atom is -0.481 e. The van der Waals surface area contributed by atoms with Crippen LogP contribution in [0.2, 0.25) is 0 Å². The second kappa shape index (κ2) is 7.29. The van der Waals surface area contributed by atoms with Gasteiger partial charge in [0.05, 0.1) is 12.1 Å². The summed E-state index contributed by atoms with van der Waals surface area (Å²) >= 11 is 0. The molecule has 0 bridgehead atoms. The fraction of sp³-hybridized carbons (Fsp3) is 0.278. The third kappa shape index (κ3) is 3.76. The minimum absolute atomic E-state index is 0.0185. The van der Waals surface area contributed by atoms with E-state index >= 15 is 0 Å². The predicted molar refractivity (Wildman–Crippen MR) is 86.3 cm³/mol. The van der Waals surface area contributed by atoms with Gasteiger partial charge in [0.25, 0.3) is 0 Å². The second-order valence-corrected chi connectivity index (χ2v) is 5.89. The van der Waals surface area contributed by atoms with E-state index in [-0.39, 0.29) is 25.3 Å². The number of carbonyl (C=O) groups excluding carboxylic acids is 1. The van der Waals surface area contributed by atoms with E-state index in [1.807, 2.05) is 30.3 Å². The molecule has 0 radical (unpaired) electrons. The van der Waals surface area contributed by atoms with Gasteiger partial charge in [-0.2, -0.15) is 0 Å². The molecule has 1 aliphatic rings. The molecule has 0 spiro atoms. The number of nitrogens with zero attached hydrogens (tertiary/aromatic N) is 2. The molecule has 2 atom stereocenters. The molecule has 2 heterocycles. The lowest BCUT2D eigenvalue weighted by Crippen LogP contribution is -2.30. The lowest BCUT2D eigenvalue weighted by atomic mass is 9.89. The Labute approximate surface area is 143 Å². The number of aliphatic carboxylic acids is 1. The molecule has 25 heavy (non-hydrogen) atoms. The summed E-state index contributed by atoms with van der Waals surface area (Å²) in [4.78, 5) is 28.8. The van der Waals surface area contributed by atoms with E-state index in [0.717, 1.165) is 11.8 Å². The van der Waals surface area contributed by atoms with Crippen LogP contribution in [-0.4, -0.2) is 40.1 Å². The van der Waals surface area contributed by atoms with E-state index in [9.17, 15) is 19.1 Å². The van der Waals surface area contributed by atoms with Gasteiger partial charge in [0.15, 0.2) is 0 Å². The van der Waals surface area contributed by atoms with Crippen LogP contribution in [0, 0.1) is 11.7 Å². The van der Waals surface area contributed by atoms with Gasteiger partial charge < -0.3 is 14.7 Å². The minimum atomic E-state index is -1.07. The summed E-state index contributed by atoms with van der Waals surface area (Å²) in [5.74, 6) is -3.16. The van der Waals surface area contributed by atoms with Crippen molar-refractivity contribution in [3.8, 4) is 0 Å². The zero-order chi connectivity index (χ0) is 17.8. The number of aromatic nitrogens is 1. The number of amides is 1. The van der Waals surface area contributed by atoms with Crippen molar-refractivity contribution in [2.75, 3.05) is 13.1 Å². The fourth-order valence-corrected chi connectivity index (χ4v) is 3.02. The molecular weight excluding hydrogens is 327 g/mol. The van der Waals surface area contributed by atoms with Crippen LogP contribution in [0.3, 0.4) is 0 Å². The van der Waals surface area contributed by atoms with Gasteiger partial charge in [0.1, 0.15) is 12.4 Å². The molecule has 0 aliphatic carbocycles. The maximum Gasteiger partial charge on any atom is 0.410 e. The van der Waals surface area contributed by atoms with Gasteiger partial charge >= 0.3 is 12.1 Å². The average Bonchev–Trinajstić information content (AvgIpc) is 3.06. The molecule has 1 N–H and O–H groups in total. The highest BCUT2D eigenvalue weighted by Gasteiger charge is 2.42. The van der Waals surface area contributed by atoms with Crippen LogP contribution in [0.4, 0.5) is 9.18 Å². The number of benzene rings is 1. The number of carboxylic acids is 1. The van der Waals surface area contributed by atoms with Crippen LogP contribution in [0.1, 0.15) is 17.0 Å². The highest BCUT2D eigenvalue weighted by atomic mass is 19.1. The number of carbonyl (C=O) groups is 2. The average molecular weight is 344 g/mol. The third-order valence-electron chi connectivity index (χ3n) is 4.30. The quantitative estimate of drug-likeness (QED) is 0.922. The van der Waals surface area contributed by atoms with E-state index in [2.05, 4.69) is 4.98 Å². The predicted octanol–water partition coefficient (Wildman–Crippen LogP) is 2.66. The fourth-order valence-electron chi connectivity index (χ4n) is 3.02. The van der Waals surface area contributed by atoms with Crippen molar-refractivity contribution in [2.24, 2.45) is 5.92 Å². The third-order valence-corrected chi connectivity index (χ3v) is 4.30. The van der Waals surface area contributed by atoms with Gasteiger partial charge in [0.2, 0.25) is 0 Å². The zero-order valence-electron chi connectivity index (χ0n) is 13.3. The van der Waals surface area contributed by atoms with Crippen LogP contribution in [-0.2, 0) is 16.1 Å². The molecule has 1 aromatic carbocycles. The molecule has 2 aromatic rings. The van der Waals surface area contributed by atoms with Crippen LogP contribution >= 0.6 is 0 Å². The summed E-state index contributed by atoms with van der Waals surface area (Å²) in [6, 6.07) is 10.6. The van der Waals surface area contributed by atoms with Gasteiger partial charge in [-0.1, -0.05) is 30.3 Å². The molecule has 7 heteroatoms. The lowest BCUT2D eigenvalue weighted by Gasteiger charge is -2.16. The number of halogens is 1. The summed E-state index contributed by atoms with van der Waals surface area (Å²) in [5.41, 5.74) is 1.09. The second-order valence-electron chi connectivity index (χ2n) is 5.89. The summed E-state index contributed by atoms with van der Waals surface area (Å²) < 4.78 is 19.2. The topological polar surface area (TPSA) is 79.7 Å². The Bertz CT molecular complexity index is 769. The molecule has 0 saturated carbocycles. The van der Waals surface area contributed by atoms with Gasteiger partial charge in [-0.3, -0.25) is 9.78 Å². The maximum absolute atomic E-state index is 14.0. The Hall–Kier alpha value is -2.96. The van der Waals surface area contributed by atoms with Crippen LogP contribution in [0.15, 0.2) is 48.8 Å². The largest absolute Gasteiger partial charge is 0.481 e. The molecule has 130 valence electrons. The van der Waals surface area contributed by atoms with E-state index < -0.39 is 29.7 Å². The Morgan fingerprint density at radius 2 is 2.00 bits per heavy atom. The van der Waals surface area contributed by atoms with Gasteiger partial charge in [-0.05, 0) is 17.2 Å². The Morgan fingerprint density at radius 1 is 1.24 bits per heavy atom. The first kappa shape index (κ1) is 16.9. The number of carboxylic acid groups (broad SMARTS) is 1. The van der Waals surface area contributed by atoms with Crippen molar-refractivity contribution in [3.63, 3.8) is 0 Å². The molecule has 1 amide bonds. The first-order valence-electron chi connectivity index (χ1n) is 7.84. The van der Waals surface area contributed by atoms with Crippen molar-refractivity contribution >= 4 is 12.1 Å². The standard InChI is InChI=1S/C18H17FN2O4/c19-16-8-20-7-6-13(16)14-9-21(10-15(14)17(22)23)18(24)25-11-12-4-2-1-3-5-12/h1-8,14-15H,9-11H2,(H,22,23). The van der Waals surface area contributed by atoms with Crippen molar-refractivity contribution in [1.29, 1.82) is 0 Å². The van der Waals surface area contributed by atoms with Crippen LogP contribution in [0.5, 0.6) is 0 Å². The molecule has 3 rings (SSSR count). The number of likely N-dealkylation sites (tertiary alicyclic amines) is 1. The normalized spacial score (nSPS) is 19.6. The molecule has 6 nitrogen and oxygen atoms in total. The number of hydrogen-bond acceptors (Lipinski definition) is 4. The Kier molecular flexibility index (Phi) is 4.92. The highest BCUT2D eigenvalue weighted by Crippen LogP contribution is 2.34. The van der Waals surface area contributed by atoms with Crippen LogP contribution in [0.25, 0.3) is 0 Å². The summed E-state index contributed by atoms with van der Waals surface area (Å²) in [6.45, 7) is 0.170. The molecule has 1 aliphatic heterocycles. The first-order valence-corrected chi connectivity index (χ1v) is 7.84. The monoisotopic (exact) mass is 344 g/mol. The van der Waals surface area contributed by atoms with Crippen LogP contribution < -0.4 is 0 Å². The van der Waals surface area contributed by atoms with E-state index in [1.54, 1.807) is 0 Å². The smallest absolute Gasteiger partial charge is 0.410 e. The van der Waals surface area contributed by atoms with Crippen molar-refractivity contribution in [2.45, 2.75) is 12.5 Å². The lowest BCUT2D eigenvalue weighted by molar-refractivity contribution is -0.141. The van der Waals surface area contributed by atoms with Crippen molar-refractivity contribution in [1.82, 2.24) is 9.88 Å². The van der Waals surface area contributed by atoms with Gasteiger partial charge in [-0.15, -0.1) is 0 Å². The Morgan fingerprint density at radius 3 is 2.68 bits per heavy atom. The number of rotatable bonds is 4. The van der Waals surface area contributed by atoms with E-state index in [4.69, 9.17) is 4.74 Å². The molecule has 1 aromatic heterocycles. The summed E-state index contributed by atoms with van der Waals surface area (Å²) in [6.07, 6.45) is 1.85. The molecule has 2 unspecified atom stereocenters.